The van der Waals surface area contributed by atoms with Crippen molar-refractivity contribution < 1.29 is 32.6 Å². The maximum atomic E-state index is 11.3. The first-order valence-corrected chi connectivity index (χ1v) is 9.02. The minimum Gasteiger partial charge on any atom is -0.302 e. The lowest BCUT2D eigenvalue weighted by Gasteiger charge is -2.15. The normalized spacial score (nSPS) is 17.4. The van der Waals surface area contributed by atoms with Gasteiger partial charge in [-0.25, -0.2) is 9.13 Å². The van der Waals surface area contributed by atoms with Crippen molar-refractivity contribution in [2.45, 2.75) is 46.6 Å². The van der Waals surface area contributed by atoms with Crippen LogP contribution < -0.4 is 0 Å². The fourth-order valence-electron chi connectivity index (χ4n) is 1.47. The van der Waals surface area contributed by atoms with Crippen molar-refractivity contribution in [3.05, 3.63) is 23.3 Å². The van der Waals surface area contributed by atoms with E-state index in [0.717, 1.165) is 18.4 Å². The molecule has 2 atom stereocenters. The third-order valence-corrected chi connectivity index (χ3v) is 4.39. The van der Waals surface area contributed by atoms with E-state index < -0.39 is 21.7 Å². The Hall–Kier alpha value is -0.260. The summed E-state index contributed by atoms with van der Waals surface area (Å²) in [4.78, 5) is 26.1. The molecule has 0 saturated carbocycles. The molecule has 0 bridgehead atoms. The van der Waals surface area contributed by atoms with E-state index in [1.54, 1.807) is 6.08 Å². The van der Waals surface area contributed by atoms with Crippen LogP contribution in [0.5, 0.6) is 0 Å². The second-order valence-electron chi connectivity index (χ2n) is 4.68. The van der Waals surface area contributed by atoms with Crippen LogP contribution in [-0.4, -0.2) is 20.8 Å². The number of phosphoric acid groups is 2. The largest absolute Gasteiger partial charge is 0.481 e. The first-order chi connectivity index (χ1) is 8.91. The van der Waals surface area contributed by atoms with Crippen LogP contribution in [0.15, 0.2) is 23.3 Å². The van der Waals surface area contributed by atoms with Crippen molar-refractivity contribution in [2.75, 3.05) is 0 Å². The molecule has 0 aromatic carbocycles. The maximum absolute atomic E-state index is 11.3. The minimum absolute atomic E-state index is 0.758. The molecule has 0 spiro atoms. The highest BCUT2D eigenvalue weighted by Gasteiger charge is 2.33. The van der Waals surface area contributed by atoms with Gasteiger partial charge in [-0.2, -0.15) is 4.31 Å². The van der Waals surface area contributed by atoms with Gasteiger partial charge in [0.15, 0.2) is 0 Å². The van der Waals surface area contributed by atoms with Crippen molar-refractivity contribution in [1.29, 1.82) is 0 Å². The topological polar surface area (TPSA) is 113 Å². The Morgan fingerprint density at radius 1 is 1.20 bits per heavy atom. The van der Waals surface area contributed by atoms with Crippen molar-refractivity contribution in [3.63, 3.8) is 0 Å². The van der Waals surface area contributed by atoms with Crippen LogP contribution in [-0.2, 0) is 18.0 Å². The van der Waals surface area contributed by atoms with E-state index >= 15 is 0 Å². The molecule has 0 aliphatic carbocycles. The SMILES string of the molecule is CC(C)=CCC/C(C)=C/[C@@H](C)OP(=O)(O)OP(=O)(O)O. The van der Waals surface area contributed by atoms with E-state index in [1.807, 2.05) is 20.8 Å². The van der Waals surface area contributed by atoms with Gasteiger partial charge in [-0.15, -0.1) is 0 Å². The molecular formula is C11H22O7P2. The zero-order valence-electron chi connectivity index (χ0n) is 12.0. The Labute approximate surface area is 119 Å². The van der Waals surface area contributed by atoms with Crippen molar-refractivity contribution in [1.82, 2.24) is 0 Å². The van der Waals surface area contributed by atoms with Crippen LogP contribution in [0.25, 0.3) is 0 Å². The summed E-state index contributed by atoms with van der Waals surface area (Å²) >= 11 is 0. The van der Waals surface area contributed by atoms with Gasteiger partial charge in [-0.1, -0.05) is 23.3 Å². The molecule has 118 valence electrons. The highest BCUT2D eigenvalue weighted by molar-refractivity contribution is 7.60. The fourth-order valence-corrected chi connectivity index (χ4v) is 3.18. The third kappa shape index (κ3) is 11.6. The van der Waals surface area contributed by atoms with Crippen molar-refractivity contribution >= 4 is 15.6 Å². The smallest absolute Gasteiger partial charge is 0.302 e. The Morgan fingerprint density at radius 3 is 2.20 bits per heavy atom. The molecule has 0 aromatic rings. The zero-order chi connectivity index (χ0) is 16.0. The summed E-state index contributed by atoms with van der Waals surface area (Å²) in [6, 6.07) is 0. The molecule has 0 heterocycles. The number of phosphoric ester groups is 1. The van der Waals surface area contributed by atoms with E-state index in [0.29, 0.717) is 0 Å². The molecule has 0 radical (unpaired) electrons. The summed E-state index contributed by atoms with van der Waals surface area (Å²) in [5, 5.41) is 0. The van der Waals surface area contributed by atoms with Gasteiger partial charge in [0.25, 0.3) is 0 Å². The van der Waals surface area contributed by atoms with Crippen LogP contribution in [0.2, 0.25) is 0 Å². The highest BCUT2D eigenvalue weighted by Crippen LogP contribution is 2.58. The number of hydrogen-bond acceptors (Lipinski definition) is 4. The Bertz CT molecular complexity index is 459. The van der Waals surface area contributed by atoms with Gasteiger partial charge in [-0.05, 0) is 40.5 Å². The van der Waals surface area contributed by atoms with E-state index in [1.165, 1.54) is 12.5 Å². The summed E-state index contributed by atoms with van der Waals surface area (Å²) in [7, 11) is -9.86. The van der Waals surface area contributed by atoms with Crippen LogP contribution in [0, 0.1) is 0 Å². The first kappa shape index (κ1) is 19.7. The summed E-state index contributed by atoms with van der Waals surface area (Å²) < 4.78 is 30.1. The lowest BCUT2D eigenvalue weighted by molar-refractivity contribution is 0.158. The van der Waals surface area contributed by atoms with Crippen LogP contribution in [0.4, 0.5) is 0 Å². The van der Waals surface area contributed by atoms with Gasteiger partial charge in [0.1, 0.15) is 0 Å². The number of allylic oxidation sites excluding steroid dienone is 3. The zero-order valence-corrected chi connectivity index (χ0v) is 13.8. The summed E-state index contributed by atoms with van der Waals surface area (Å²) in [6.45, 7) is 7.31. The highest BCUT2D eigenvalue weighted by atomic mass is 31.3. The van der Waals surface area contributed by atoms with Gasteiger partial charge < -0.3 is 14.7 Å². The Kier molecular flexibility index (Phi) is 8.14. The minimum atomic E-state index is -5.07. The Balaban J connectivity index is 4.46. The molecule has 0 fully saturated rings. The second kappa shape index (κ2) is 8.25. The molecule has 0 aromatic heterocycles. The molecule has 20 heavy (non-hydrogen) atoms. The number of rotatable bonds is 8. The van der Waals surface area contributed by atoms with Gasteiger partial charge in [0.2, 0.25) is 0 Å². The van der Waals surface area contributed by atoms with Gasteiger partial charge in [0.05, 0.1) is 6.10 Å². The summed E-state index contributed by atoms with van der Waals surface area (Å²) in [6.07, 6.45) is 4.46. The molecule has 0 aliphatic rings. The van der Waals surface area contributed by atoms with Crippen molar-refractivity contribution in [2.24, 2.45) is 0 Å². The van der Waals surface area contributed by atoms with Crippen LogP contribution >= 0.6 is 15.6 Å². The standard InChI is InChI=1S/C11H22O7P2/c1-9(2)6-5-7-10(3)8-11(4)17-20(15,16)18-19(12,13)14/h6,8,11H,5,7H2,1-4H3,(H,15,16)(H2,12,13,14)/b10-8+/t11-/m1/s1. The predicted octanol–water partition coefficient (Wildman–Crippen LogP) is 3.29. The van der Waals surface area contributed by atoms with Crippen LogP contribution in [0.1, 0.15) is 40.5 Å². The molecule has 0 saturated heterocycles. The monoisotopic (exact) mass is 328 g/mol. The molecule has 9 heteroatoms. The molecular weight excluding hydrogens is 306 g/mol. The quantitative estimate of drug-likeness (QED) is 0.463. The molecule has 0 rings (SSSR count). The second-order valence-corrected chi connectivity index (χ2v) is 7.47. The fraction of sp³-hybridized carbons (Fsp3) is 0.636. The summed E-state index contributed by atoms with van der Waals surface area (Å²) in [5.41, 5.74) is 2.14. The number of hydrogen-bond donors (Lipinski definition) is 3. The van der Waals surface area contributed by atoms with Crippen LogP contribution in [0.3, 0.4) is 0 Å². The summed E-state index contributed by atoms with van der Waals surface area (Å²) in [5.74, 6) is 0. The Morgan fingerprint density at radius 2 is 1.75 bits per heavy atom. The lowest BCUT2D eigenvalue weighted by atomic mass is 10.1. The molecule has 3 N–H and O–H groups in total. The average Bonchev–Trinajstić information content (AvgIpc) is 2.10. The average molecular weight is 328 g/mol. The molecule has 7 nitrogen and oxygen atoms in total. The predicted molar refractivity (Wildman–Crippen MR) is 75.9 cm³/mol. The van der Waals surface area contributed by atoms with Crippen molar-refractivity contribution in [3.8, 4) is 0 Å². The van der Waals surface area contributed by atoms with Gasteiger partial charge in [-0.3, -0.25) is 4.52 Å². The lowest BCUT2D eigenvalue weighted by Crippen LogP contribution is -2.05. The maximum Gasteiger partial charge on any atom is 0.481 e. The third-order valence-electron chi connectivity index (χ3n) is 2.12. The molecule has 0 amide bonds. The first-order valence-electron chi connectivity index (χ1n) is 6.00. The molecule has 1 unspecified atom stereocenters. The van der Waals surface area contributed by atoms with E-state index in [9.17, 15) is 9.13 Å². The van der Waals surface area contributed by atoms with Gasteiger partial charge in [0, 0.05) is 0 Å². The molecule has 0 aliphatic heterocycles. The van der Waals surface area contributed by atoms with E-state index in [-0.39, 0.29) is 0 Å². The van der Waals surface area contributed by atoms with E-state index in [4.69, 9.17) is 14.7 Å². The van der Waals surface area contributed by atoms with Gasteiger partial charge >= 0.3 is 15.6 Å². The van der Waals surface area contributed by atoms with E-state index in [2.05, 4.69) is 14.9 Å².